The van der Waals surface area contributed by atoms with Crippen LogP contribution in [0.5, 0.6) is 0 Å². The quantitative estimate of drug-likeness (QED) is 0.358. The number of benzene rings is 3. The molecule has 3 N–H and O–H groups in total. The number of fused-ring (bicyclic) bond motifs is 3. The average Bonchev–Trinajstić information content (AvgIpc) is 3.02. The Morgan fingerprint density at radius 3 is 2.61 bits per heavy atom. The lowest BCUT2D eigenvalue weighted by Gasteiger charge is -2.13. The van der Waals surface area contributed by atoms with E-state index >= 15 is 0 Å². The molecule has 1 unspecified atom stereocenters. The Labute approximate surface area is 212 Å². The second-order valence-electron chi connectivity index (χ2n) is 8.13. The van der Waals surface area contributed by atoms with Crippen molar-refractivity contribution in [1.82, 2.24) is 15.3 Å². The van der Waals surface area contributed by atoms with Gasteiger partial charge in [0.2, 0.25) is 11.9 Å². The van der Waals surface area contributed by atoms with Crippen LogP contribution in [-0.2, 0) is 11.2 Å². The number of amides is 2. The van der Waals surface area contributed by atoms with Crippen molar-refractivity contribution >= 4 is 40.7 Å². The van der Waals surface area contributed by atoms with Crippen LogP contribution in [0, 0.1) is 11.3 Å². The molecule has 2 amide bonds. The van der Waals surface area contributed by atoms with Crippen LogP contribution in [-0.4, -0.2) is 21.8 Å². The van der Waals surface area contributed by atoms with Gasteiger partial charge < -0.3 is 16.0 Å². The van der Waals surface area contributed by atoms with E-state index in [-0.39, 0.29) is 18.2 Å². The van der Waals surface area contributed by atoms with Crippen molar-refractivity contribution in [3.05, 3.63) is 101 Å². The van der Waals surface area contributed by atoms with Gasteiger partial charge in [-0.25, -0.2) is 9.97 Å². The van der Waals surface area contributed by atoms with Crippen LogP contribution in [0.15, 0.2) is 79.0 Å². The molecule has 0 fully saturated rings. The highest BCUT2D eigenvalue weighted by Gasteiger charge is 2.21. The summed E-state index contributed by atoms with van der Waals surface area (Å²) in [6.07, 6.45) is 1.78. The summed E-state index contributed by atoms with van der Waals surface area (Å²) in [6, 6.07) is 22.5. The van der Waals surface area contributed by atoms with E-state index in [1.165, 1.54) is 0 Å². The highest BCUT2D eigenvalue weighted by molar-refractivity contribution is 6.31. The molecule has 1 atom stereocenters. The van der Waals surface area contributed by atoms with Crippen molar-refractivity contribution in [1.29, 1.82) is 5.26 Å². The number of nitriles is 1. The molecule has 36 heavy (non-hydrogen) atoms. The Balaban J connectivity index is 1.34. The van der Waals surface area contributed by atoms with Gasteiger partial charge >= 0.3 is 0 Å². The number of hydrogen-bond donors (Lipinski definition) is 3. The van der Waals surface area contributed by atoms with E-state index in [2.05, 4.69) is 32.0 Å². The average molecular weight is 495 g/mol. The number of carbonyl (C=O) groups is 2. The molecular formula is C27H19ClN6O2. The molecule has 0 saturated heterocycles. The smallest absolute Gasteiger partial charge is 0.252 e. The number of nitrogens with zero attached hydrogens (tertiary/aromatic N) is 3. The number of anilines is 3. The SMILES string of the molecule is N#CC(NC(=O)c1ccc(Nc2ncc3c(n2)-c2ccc(Cl)cc2NC(=O)C3)cc1)c1ccccc1. The zero-order valence-corrected chi connectivity index (χ0v) is 19.6. The Kier molecular flexibility index (Phi) is 6.31. The van der Waals surface area contributed by atoms with E-state index in [1.54, 1.807) is 54.7 Å². The van der Waals surface area contributed by atoms with E-state index in [4.69, 9.17) is 11.6 Å². The third-order valence-corrected chi connectivity index (χ3v) is 5.90. The maximum absolute atomic E-state index is 12.7. The topological polar surface area (TPSA) is 120 Å². The van der Waals surface area contributed by atoms with Crippen LogP contribution >= 0.6 is 11.6 Å². The van der Waals surface area contributed by atoms with E-state index < -0.39 is 6.04 Å². The van der Waals surface area contributed by atoms with Crippen LogP contribution in [0.4, 0.5) is 17.3 Å². The van der Waals surface area contributed by atoms with Gasteiger partial charge in [-0.2, -0.15) is 5.26 Å². The molecule has 1 aromatic heterocycles. The molecule has 2 heterocycles. The molecule has 4 aromatic rings. The Bertz CT molecular complexity index is 1500. The van der Waals surface area contributed by atoms with Crippen LogP contribution in [0.1, 0.15) is 27.5 Å². The summed E-state index contributed by atoms with van der Waals surface area (Å²) in [6.45, 7) is 0. The maximum Gasteiger partial charge on any atom is 0.252 e. The molecule has 0 radical (unpaired) electrons. The zero-order valence-electron chi connectivity index (χ0n) is 18.8. The van der Waals surface area contributed by atoms with Crippen molar-refractivity contribution in [2.45, 2.75) is 12.5 Å². The first-order valence-electron chi connectivity index (χ1n) is 11.1. The molecule has 0 saturated carbocycles. The number of aromatic nitrogens is 2. The van der Waals surface area contributed by atoms with Crippen LogP contribution < -0.4 is 16.0 Å². The number of halogens is 1. The summed E-state index contributed by atoms with van der Waals surface area (Å²) >= 11 is 6.10. The normalized spacial score (nSPS) is 12.7. The molecule has 5 rings (SSSR count). The minimum atomic E-state index is -0.747. The van der Waals surface area contributed by atoms with E-state index in [9.17, 15) is 14.9 Å². The molecule has 1 aliphatic heterocycles. The molecule has 0 bridgehead atoms. The summed E-state index contributed by atoms with van der Waals surface area (Å²) in [5.74, 6) is -0.179. The molecule has 9 heteroatoms. The van der Waals surface area contributed by atoms with Crippen molar-refractivity contribution in [3.8, 4) is 17.3 Å². The minimum absolute atomic E-state index is 0.151. The fourth-order valence-electron chi connectivity index (χ4n) is 3.91. The minimum Gasteiger partial charge on any atom is -0.333 e. The highest BCUT2D eigenvalue weighted by atomic mass is 35.5. The van der Waals surface area contributed by atoms with Crippen LogP contribution in [0.3, 0.4) is 0 Å². The largest absolute Gasteiger partial charge is 0.333 e. The van der Waals surface area contributed by atoms with Gasteiger partial charge in [0.25, 0.3) is 5.91 Å². The van der Waals surface area contributed by atoms with Crippen molar-refractivity contribution in [2.75, 3.05) is 10.6 Å². The lowest BCUT2D eigenvalue weighted by atomic mass is 10.1. The Hall–Kier alpha value is -4.74. The fourth-order valence-corrected chi connectivity index (χ4v) is 4.08. The Morgan fingerprint density at radius 1 is 1.08 bits per heavy atom. The maximum atomic E-state index is 12.7. The summed E-state index contributed by atoms with van der Waals surface area (Å²) in [5.41, 5.74) is 4.49. The number of rotatable bonds is 5. The molecular weight excluding hydrogens is 476 g/mol. The summed E-state index contributed by atoms with van der Waals surface area (Å²) in [7, 11) is 0. The standard InChI is InChI=1S/C27H19ClN6O2/c28-19-8-11-21-22(13-19)32-24(35)12-18-15-30-27(34-25(18)21)31-20-9-6-17(7-10-20)26(36)33-23(14-29)16-4-2-1-3-5-16/h1-11,13,15,23H,12H2,(H,32,35)(H,33,36)(H,30,31,34). The molecule has 0 aliphatic carbocycles. The second kappa shape index (κ2) is 9.86. The molecule has 0 spiro atoms. The first-order valence-corrected chi connectivity index (χ1v) is 11.5. The predicted octanol–water partition coefficient (Wildman–Crippen LogP) is 5.03. The number of hydrogen-bond acceptors (Lipinski definition) is 6. The lowest BCUT2D eigenvalue weighted by molar-refractivity contribution is -0.115. The van der Waals surface area contributed by atoms with Gasteiger partial charge in [0, 0.05) is 33.6 Å². The fraction of sp³-hybridized carbons (Fsp3) is 0.0741. The van der Waals surface area contributed by atoms with Gasteiger partial charge in [-0.15, -0.1) is 0 Å². The third-order valence-electron chi connectivity index (χ3n) is 5.67. The second-order valence-corrected chi connectivity index (χ2v) is 8.57. The Morgan fingerprint density at radius 2 is 1.86 bits per heavy atom. The van der Waals surface area contributed by atoms with Gasteiger partial charge in [-0.1, -0.05) is 41.9 Å². The molecule has 3 aromatic carbocycles. The number of carbonyl (C=O) groups excluding carboxylic acids is 2. The van der Waals surface area contributed by atoms with E-state index in [0.717, 1.165) is 5.56 Å². The van der Waals surface area contributed by atoms with Crippen molar-refractivity contribution in [2.24, 2.45) is 0 Å². The van der Waals surface area contributed by atoms with Gasteiger partial charge in [-0.05, 0) is 48.0 Å². The van der Waals surface area contributed by atoms with E-state index in [1.807, 2.05) is 24.3 Å². The molecule has 1 aliphatic rings. The first kappa shape index (κ1) is 23.0. The first-order chi connectivity index (χ1) is 17.5. The van der Waals surface area contributed by atoms with Gasteiger partial charge in [0.15, 0.2) is 0 Å². The summed E-state index contributed by atoms with van der Waals surface area (Å²) in [4.78, 5) is 33.9. The molecule has 176 valence electrons. The van der Waals surface area contributed by atoms with Gasteiger partial charge in [0.1, 0.15) is 6.04 Å². The lowest BCUT2D eigenvalue weighted by Crippen LogP contribution is -2.27. The van der Waals surface area contributed by atoms with Crippen LogP contribution in [0.2, 0.25) is 5.02 Å². The van der Waals surface area contributed by atoms with E-state index in [0.29, 0.717) is 44.7 Å². The van der Waals surface area contributed by atoms with Crippen molar-refractivity contribution in [3.63, 3.8) is 0 Å². The summed E-state index contributed by atoms with van der Waals surface area (Å²) in [5, 5.41) is 18.7. The highest BCUT2D eigenvalue weighted by Crippen LogP contribution is 2.34. The predicted molar refractivity (Wildman–Crippen MR) is 137 cm³/mol. The third kappa shape index (κ3) is 4.87. The van der Waals surface area contributed by atoms with Gasteiger partial charge in [0.05, 0.1) is 23.9 Å². The molecule has 8 nitrogen and oxygen atoms in total. The number of nitrogens with one attached hydrogen (secondary N) is 3. The zero-order chi connectivity index (χ0) is 25.1. The van der Waals surface area contributed by atoms with Crippen LogP contribution in [0.25, 0.3) is 11.3 Å². The summed E-state index contributed by atoms with van der Waals surface area (Å²) < 4.78 is 0. The monoisotopic (exact) mass is 494 g/mol. The van der Waals surface area contributed by atoms with Crippen molar-refractivity contribution < 1.29 is 9.59 Å². The van der Waals surface area contributed by atoms with Gasteiger partial charge in [-0.3, -0.25) is 9.59 Å².